The van der Waals surface area contributed by atoms with Crippen molar-refractivity contribution in [2.45, 2.75) is 4.90 Å². The average molecular weight is 420 g/mol. The first kappa shape index (κ1) is 17.1. The van der Waals surface area contributed by atoms with Crippen molar-refractivity contribution < 1.29 is 8.42 Å². The van der Waals surface area contributed by atoms with E-state index in [9.17, 15) is 8.42 Å². The van der Waals surface area contributed by atoms with E-state index in [0.717, 1.165) is 4.31 Å². The van der Waals surface area contributed by atoms with Crippen molar-refractivity contribution in [2.24, 2.45) is 0 Å². The van der Waals surface area contributed by atoms with Gasteiger partial charge in [0.15, 0.2) is 0 Å². The van der Waals surface area contributed by atoms with Crippen LogP contribution in [0.5, 0.6) is 0 Å². The van der Waals surface area contributed by atoms with Gasteiger partial charge in [-0.1, -0.05) is 45.2 Å². The molecule has 0 saturated carbocycles. The van der Waals surface area contributed by atoms with E-state index in [1.54, 1.807) is 18.2 Å². The number of anilines is 1. The number of nitrogens with zero attached hydrogens (tertiary/aromatic N) is 2. The van der Waals surface area contributed by atoms with Crippen LogP contribution in [0.2, 0.25) is 10.0 Å². The van der Waals surface area contributed by atoms with Gasteiger partial charge in [0.1, 0.15) is 4.90 Å². The number of benzene rings is 2. The van der Waals surface area contributed by atoms with Gasteiger partial charge in [-0.05, 0) is 30.3 Å². The Morgan fingerprint density at radius 3 is 2.32 bits per heavy atom. The zero-order valence-corrected chi connectivity index (χ0v) is 15.1. The highest BCUT2D eigenvalue weighted by Gasteiger charge is 2.27. The lowest BCUT2D eigenvalue weighted by Crippen LogP contribution is -2.27. The molecular weight excluding hydrogens is 411 g/mol. The van der Waals surface area contributed by atoms with Crippen LogP contribution in [0.3, 0.4) is 0 Å². The summed E-state index contributed by atoms with van der Waals surface area (Å²) in [6.45, 7) is 0. The van der Waals surface area contributed by atoms with E-state index < -0.39 is 10.0 Å². The molecule has 0 saturated heterocycles. The van der Waals surface area contributed by atoms with E-state index in [0.29, 0.717) is 15.7 Å². The molecule has 114 valence electrons. The maximum absolute atomic E-state index is 12.7. The summed E-state index contributed by atoms with van der Waals surface area (Å²) in [7, 11) is -2.58. The second-order valence-corrected chi connectivity index (χ2v) is 7.97. The van der Waals surface area contributed by atoms with E-state index in [1.165, 1.54) is 25.2 Å². The Balaban J connectivity index is 2.58. The summed E-state index contributed by atoms with van der Waals surface area (Å²) >= 11 is 15.3. The van der Waals surface area contributed by atoms with Crippen LogP contribution in [0.15, 0.2) is 45.8 Å². The largest absolute Gasteiger partial charge is 0.269 e. The second-order valence-electron chi connectivity index (χ2n) is 4.33. The first-order chi connectivity index (χ1) is 10.3. The van der Waals surface area contributed by atoms with Crippen molar-refractivity contribution in [1.82, 2.24) is 0 Å². The summed E-state index contributed by atoms with van der Waals surface area (Å²) in [5.74, 6) is 0. The van der Waals surface area contributed by atoms with E-state index in [-0.39, 0.29) is 14.9 Å². The van der Waals surface area contributed by atoms with Crippen LogP contribution in [-0.4, -0.2) is 15.5 Å². The average Bonchev–Trinajstić information content (AvgIpc) is 2.45. The number of rotatable bonds is 3. The monoisotopic (exact) mass is 418 g/mol. The Morgan fingerprint density at radius 1 is 1.18 bits per heavy atom. The van der Waals surface area contributed by atoms with Crippen LogP contribution in [-0.2, 0) is 10.0 Å². The molecule has 0 N–H and O–H groups in total. The van der Waals surface area contributed by atoms with Crippen LogP contribution < -0.4 is 4.31 Å². The summed E-state index contributed by atoms with van der Waals surface area (Å²) < 4.78 is 27.1. The molecule has 2 rings (SSSR count). The molecule has 0 spiro atoms. The lowest BCUT2D eigenvalue weighted by atomic mass is 10.2. The first-order valence-electron chi connectivity index (χ1n) is 5.91. The molecule has 0 aliphatic rings. The Labute approximate surface area is 147 Å². The van der Waals surface area contributed by atoms with Gasteiger partial charge in [-0.25, -0.2) is 8.42 Å². The lowest BCUT2D eigenvalue weighted by Gasteiger charge is -2.21. The van der Waals surface area contributed by atoms with E-state index in [2.05, 4.69) is 15.9 Å². The number of sulfonamides is 1. The summed E-state index contributed by atoms with van der Waals surface area (Å²) in [6.07, 6.45) is 0. The highest BCUT2D eigenvalue weighted by molar-refractivity contribution is 9.10. The van der Waals surface area contributed by atoms with Crippen molar-refractivity contribution in [3.63, 3.8) is 0 Å². The van der Waals surface area contributed by atoms with Gasteiger partial charge in [-0.3, -0.25) is 4.31 Å². The summed E-state index contributed by atoms with van der Waals surface area (Å²) in [5, 5.41) is 8.95. The van der Waals surface area contributed by atoms with Crippen molar-refractivity contribution in [2.75, 3.05) is 11.4 Å². The Morgan fingerprint density at radius 2 is 1.77 bits per heavy atom. The zero-order chi connectivity index (χ0) is 16.5. The highest BCUT2D eigenvalue weighted by Crippen LogP contribution is 2.35. The minimum atomic E-state index is -3.96. The van der Waals surface area contributed by atoms with E-state index >= 15 is 0 Å². The Bertz CT molecular complexity index is 856. The first-order valence-corrected chi connectivity index (χ1v) is 8.90. The predicted octanol–water partition coefficient (Wildman–Crippen LogP) is 4.45. The van der Waals surface area contributed by atoms with Crippen molar-refractivity contribution in [1.29, 1.82) is 5.26 Å². The van der Waals surface area contributed by atoms with Crippen molar-refractivity contribution in [3.8, 4) is 6.07 Å². The molecule has 0 aromatic heterocycles. The predicted molar refractivity (Wildman–Crippen MR) is 90.9 cm³/mol. The van der Waals surface area contributed by atoms with Gasteiger partial charge in [0.25, 0.3) is 10.0 Å². The third-order valence-corrected chi connectivity index (χ3v) is 6.09. The molecule has 0 aliphatic carbocycles. The quantitative estimate of drug-likeness (QED) is 0.737. The molecule has 0 bridgehead atoms. The van der Waals surface area contributed by atoms with Gasteiger partial charge in [0.05, 0.1) is 27.4 Å². The lowest BCUT2D eigenvalue weighted by molar-refractivity contribution is 0.594. The molecule has 2 aromatic rings. The SMILES string of the molecule is CN(c1cccc(C#N)c1)S(=O)(=O)c1c(Cl)cc(Br)cc1Cl. The molecule has 8 heteroatoms. The van der Waals surface area contributed by atoms with Gasteiger partial charge in [-0.2, -0.15) is 5.26 Å². The summed E-state index contributed by atoms with van der Waals surface area (Å²) in [6, 6.07) is 11.1. The molecule has 0 unspecified atom stereocenters. The normalized spacial score (nSPS) is 11.0. The third kappa shape index (κ3) is 3.23. The summed E-state index contributed by atoms with van der Waals surface area (Å²) in [5.41, 5.74) is 0.696. The highest BCUT2D eigenvalue weighted by atomic mass is 79.9. The smallest absolute Gasteiger partial charge is 0.267 e. The number of halogens is 3. The van der Waals surface area contributed by atoms with Gasteiger partial charge >= 0.3 is 0 Å². The van der Waals surface area contributed by atoms with Crippen LogP contribution in [0.4, 0.5) is 5.69 Å². The molecule has 0 atom stereocenters. The Kier molecular flexibility index (Phi) is 5.03. The fourth-order valence-electron chi connectivity index (χ4n) is 1.82. The molecule has 0 fully saturated rings. The molecule has 2 aromatic carbocycles. The van der Waals surface area contributed by atoms with Crippen molar-refractivity contribution in [3.05, 3.63) is 56.5 Å². The third-order valence-electron chi connectivity index (χ3n) is 2.92. The maximum atomic E-state index is 12.7. The van der Waals surface area contributed by atoms with Crippen LogP contribution in [0.1, 0.15) is 5.56 Å². The molecule has 4 nitrogen and oxygen atoms in total. The number of hydrogen-bond donors (Lipinski definition) is 0. The van der Waals surface area contributed by atoms with Gasteiger partial charge in [0.2, 0.25) is 0 Å². The Hall–Kier alpha value is -1.26. The minimum absolute atomic E-state index is 0.0164. The zero-order valence-electron chi connectivity index (χ0n) is 11.2. The van der Waals surface area contributed by atoms with Crippen molar-refractivity contribution >= 4 is 54.8 Å². The minimum Gasteiger partial charge on any atom is -0.269 e. The molecule has 22 heavy (non-hydrogen) atoms. The topological polar surface area (TPSA) is 61.2 Å². The number of hydrogen-bond acceptors (Lipinski definition) is 3. The maximum Gasteiger partial charge on any atom is 0.267 e. The van der Waals surface area contributed by atoms with Gasteiger partial charge < -0.3 is 0 Å². The molecule has 0 aliphatic heterocycles. The standard InChI is InChI=1S/C14H9BrCl2N2O2S/c1-19(11-4-2-3-9(5-11)8-18)22(20,21)14-12(16)6-10(15)7-13(14)17/h2-7H,1H3. The molecular formula is C14H9BrCl2N2O2S. The fourth-order valence-corrected chi connectivity index (χ4v) is 4.89. The molecule has 0 radical (unpaired) electrons. The fraction of sp³-hybridized carbons (Fsp3) is 0.0714. The van der Waals surface area contributed by atoms with Gasteiger partial charge in [-0.15, -0.1) is 0 Å². The van der Waals surface area contributed by atoms with E-state index in [1.807, 2.05) is 6.07 Å². The van der Waals surface area contributed by atoms with Crippen LogP contribution in [0.25, 0.3) is 0 Å². The van der Waals surface area contributed by atoms with Gasteiger partial charge in [0, 0.05) is 11.5 Å². The molecule has 0 heterocycles. The second kappa shape index (κ2) is 6.47. The van der Waals surface area contributed by atoms with Crippen LogP contribution in [0, 0.1) is 11.3 Å². The molecule has 0 amide bonds. The van der Waals surface area contributed by atoms with Crippen LogP contribution >= 0.6 is 39.1 Å². The number of nitriles is 1. The van der Waals surface area contributed by atoms with E-state index in [4.69, 9.17) is 28.5 Å². The summed E-state index contributed by atoms with van der Waals surface area (Å²) in [4.78, 5) is -0.177.